The van der Waals surface area contributed by atoms with Crippen LogP contribution in [0.15, 0.2) is 36.4 Å². The molecular weight excluding hydrogens is 188 g/mol. The molecule has 1 atom stereocenters. The molecule has 1 unspecified atom stereocenters. The molecule has 0 fully saturated rings. The predicted molar refractivity (Wildman–Crippen MR) is 61.4 cm³/mol. The maximum atomic E-state index is 10.9. The third-order valence-electron chi connectivity index (χ3n) is 2.04. The van der Waals surface area contributed by atoms with Gasteiger partial charge in [0.05, 0.1) is 5.60 Å². The van der Waals surface area contributed by atoms with Gasteiger partial charge in [-0.05, 0) is 19.4 Å². The maximum absolute atomic E-state index is 10.9. The highest BCUT2D eigenvalue weighted by Gasteiger charge is 2.18. The zero-order valence-electron chi connectivity index (χ0n) is 9.10. The molecule has 2 heteroatoms. The molecule has 0 amide bonds. The van der Waals surface area contributed by atoms with E-state index in [2.05, 4.69) is 0 Å². The van der Waals surface area contributed by atoms with Gasteiger partial charge in [-0.25, -0.2) is 0 Å². The summed E-state index contributed by atoms with van der Waals surface area (Å²) in [5, 5.41) is 9.84. The zero-order valence-corrected chi connectivity index (χ0v) is 9.10. The lowest BCUT2D eigenvalue weighted by molar-refractivity contribution is -0.119. The van der Waals surface area contributed by atoms with Crippen LogP contribution in [0.2, 0.25) is 0 Å². The summed E-state index contributed by atoms with van der Waals surface area (Å²) < 4.78 is 0. The van der Waals surface area contributed by atoms with Crippen molar-refractivity contribution in [1.29, 1.82) is 0 Å². The maximum Gasteiger partial charge on any atom is 0.133 e. The first kappa shape index (κ1) is 11.7. The van der Waals surface area contributed by atoms with Gasteiger partial charge >= 0.3 is 0 Å². The van der Waals surface area contributed by atoms with Crippen LogP contribution >= 0.6 is 0 Å². The summed E-state index contributed by atoms with van der Waals surface area (Å²) in [6.45, 7) is 3.11. The van der Waals surface area contributed by atoms with E-state index in [0.29, 0.717) is 0 Å². The third-order valence-corrected chi connectivity index (χ3v) is 2.04. The second-order valence-corrected chi connectivity index (χ2v) is 3.98. The smallest absolute Gasteiger partial charge is 0.133 e. The van der Waals surface area contributed by atoms with Crippen LogP contribution in [0, 0.1) is 0 Å². The molecule has 0 radical (unpaired) electrons. The number of hydrogen-bond acceptors (Lipinski definition) is 2. The molecule has 0 heterocycles. The van der Waals surface area contributed by atoms with E-state index in [1.54, 1.807) is 13.0 Å². The number of carbonyl (C=O) groups excluding carboxylic acids is 1. The summed E-state index contributed by atoms with van der Waals surface area (Å²) in [7, 11) is 0. The van der Waals surface area contributed by atoms with E-state index in [0.717, 1.165) is 5.56 Å². The lowest BCUT2D eigenvalue weighted by atomic mass is 9.98. The van der Waals surface area contributed by atoms with Crippen molar-refractivity contribution in [2.75, 3.05) is 0 Å². The lowest BCUT2D eigenvalue weighted by Gasteiger charge is -2.16. The number of hydrogen-bond donors (Lipinski definition) is 1. The van der Waals surface area contributed by atoms with Crippen LogP contribution in [0.3, 0.4) is 0 Å². The van der Waals surface area contributed by atoms with Gasteiger partial charge in [-0.3, -0.25) is 4.79 Å². The molecule has 1 aromatic rings. The second-order valence-electron chi connectivity index (χ2n) is 3.98. The molecule has 1 aromatic carbocycles. The van der Waals surface area contributed by atoms with Crippen molar-refractivity contribution in [2.45, 2.75) is 25.9 Å². The van der Waals surface area contributed by atoms with Crippen molar-refractivity contribution in [3.63, 3.8) is 0 Å². The SMILES string of the molecule is CC(=O)CC(C)(O)/C=C/c1ccccc1. The molecule has 0 aliphatic carbocycles. The van der Waals surface area contributed by atoms with Crippen molar-refractivity contribution in [3.05, 3.63) is 42.0 Å². The van der Waals surface area contributed by atoms with E-state index in [1.165, 1.54) is 6.92 Å². The quantitative estimate of drug-likeness (QED) is 0.817. The standard InChI is InChI=1S/C13H16O2/c1-11(14)10-13(2,15)9-8-12-6-4-3-5-7-12/h3-9,15H,10H2,1-2H3/b9-8+. The lowest BCUT2D eigenvalue weighted by Crippen LogP contribution is -2.23. The number of ketones is 1. The monoisotopic (exact) mass is 204 g/mol. The van der Waals surface area contributed by atoms with Gasteiger partial charge in [0.25, 0.3) is 0 Å². The van der Waals surface area contributed by atoms with Crippen LogP contribution in [-0.4, -0.2) is 16.5 Å². The van der Waals surface area contributed by atoms with Crippen LogP contribution in [0.5, 0.6) is 0 Å². The predicted octanol–water partition coefficient (Wildman–Crippen LogP) is 2.43. The Morgan fingerprint density at radius 1 is 1.40 bits per heavy atom. The Morgan fingerprint density at radius 3 is 2.53 bits per heavy atom. The zero-order chi connectivity index (χ0) is 11.3. The van der Waals surface area contributed by atoms with E-state index >= 15 is 0 Å². The van der Waals surface area contributed by atoms with Gasteiger partial charge in [-0.15, -0.1) is 0 Å². The molecule has 0 bridgehead atoms. The Labute approximate surface area is 90.3 Å². The molecule has 0 aliphatic heterocycles. The van der Waals surface area contributed by atoms with E-state index in [1.807, 2.05) is 36.4 Å². The van der Waals surface area contributed by atoms with E-state index in [-0.39, 0.29) is 12.2 Å². The Bertz CT molecular complexity index is 350. The average molecular weight is 204 g/mol. The van der Waals surface area contributed by atoms with E-state index in [4.69, 9.17) is 0 Å². The summed E-state index contributed by atoms with van der Waals surface area (Å²) in [5.74, 6) is -0.0160. The van der Waals surface area contributed by atoms with Crippen LogP contribution < -0.4 is 0 Å². The van der Waals surface area contributed by atoms with Crippen LogP contribution in [0.1, 0.15) is 25.8 Å². The number of carbonyl (C=O) groups is 1. The van der Waals surface area contributed by atoms with Gasteiger partial charge in [0.1, 0.15) is 5.78 Å². The highest BCUT2D eigenvalue weighted by molar-refractivity contribution is 5.77. The minimum Gasteiger partial charge on any atom is -0.386 e. The Hall–Kier alpha value is -1.41. The van der Waals surface area contributed by atoms with Gasteiger partial charge < -0.3 is 5.11 Å². The fourth-order valence-electron chi connectivity index (χ4n) is 1.40. The summed E-state index contributed by atoms with van der Waals surface area (Å²) in [5.41, 5.74) is -0.0388. The van der Waals surface area contributed by atoms with Crippen LogP contribution in [-0.2, 0) is 4.79 Å². The molecule has 0 saturated heterocycles. The molecule has 1 rings (SSSR count). The van der Waals surface area contributed by atoms with Crippen LogP contribution in [0.25, 0.3) is 6.08 Å². The molecule has 0 aliphatic rings. The molecule has 0 aromatic heterocycles. The van der Waals surface area contributed by atoms with Gasteiger partial charge in [0, 0.05) is 6.42 Å². The van der Waals surface area contributed by atoms with Crippen molar-refractivity contribution in [2.24, 2.45) is 0 Å². The first-order chi connectivity index (χ1) is 6.99. The Balaban J connectivity index is 2.68. The summed E-state index contributed by atoms with van der Waals surface area (Å²) in [4.78, 5) is 10.9. The Morgan fingerprint density at radius 2 is 2.00 bits per heavy atom. The number of rotatable bonds is 4. The highest BCUT2D eigenvalue weighted by atomic mass is 16.3. The summed E-state index contributed by atoms with van der Waals surface area (Å²) in [6.07, 6.45) is 3.63. The van der Waals surface area contributed by atoms with Crippen molar-refractivity contribution < 1.29 is 9.90 Å². The molecule has 2 nitrogen and oxygen atoms in total. The molecule has 15 heavy (non-hydrogen) atoms. The minimum atomic E-state index is -1.05. The highest BCUT2D eigenvalue weighted by Crippen LogP contribution is 2.14. The van der Waals surface area contributed by atoms with Gasteiger partial charge in [0.2, 0.25) is 0 Å². The fourth-order valence-corrected chi connectivity index (χ4v) is 1.40. The van der Waals surface area contributed by atoms with Gasteiger partial charge in [-0.1, -0.05) is 42.5 Å². The molecule has 0 spiro atoms. The van der Waals surface area contributed by atoms with Crippen molar-refractivity contribution in [1.82, 2.24) is 0 Å². The third kappa shape index (κ3) is 4.56. The minimum absolute atomic E-state index is 0.0160. The molecular formula is C13H16O2. The van der Waals surface area contributed by atoms with Crippen molar-refractivity contribution >= 4 is 11.9 Å². The van der Waals surface area contributed by atoms with Crippen LogP contribution in [0.4, 0.5) is 0 Å². The first-order valence-electron chi connectivity index (χ1n) is 4.96. The normalized spacial score (nSPS) is 15.1. The van der Waals surface area contributed by atoms with E-state index < -0.39 is 5.60 Å². The summed E-state index contributed by atoms with van der Waals surface area (Å²) in [6, 6.07) is 9.68. The van der Waals surface area contributed by atoms with Gasteiger partial charge in [-0.2, -0.15) is 0 Å². The molecule has 1 N–H and O–H groups in total. The Kier molecular flexibility index (Phi) is 3.81. The topological polar surface area (TPSA) is 37.3 Å². The first-order valence-corrected chi connectivity index (χ1v) is 4.96. The average Bonchev–Trinajstić information content (AvgIpc) is 2.15. The molecule has 80 valence electrons. The van der Waals surface area contributed by atoms with Gasteiger partial charge in [0.15, 0.2) is 0 Å². The number of aliphatic hydroxyl groups is 1. The fraction of sp³-hybridized carbons (Fsp3) is 0.308. The molecule has 0 saturated carbocycles. The second kappa shape index (κ2) is 4.89. The number of benzene rings is 1. The largest absolute Gasteiger partial charge is 0.386 e. The van der Waals surface area contributed by atoms with E-state index in [9.17, 15) is 9.90 Å². The van der Waals surface area contributed by atoms with Crippen molar-refractivity contribution in [3.8, 4) is 0 Å². The number of Topliss-reactive ketones (excluding diaryl/α,β-unsaturated/α-hetero) is 1. The summed E-state index contributed by atoms with van der Waals surface area (Å²) >= 11 is 0.